The number of methoxy groups -OCH3 is 1. The number of fused-ring (bicyclic) bond motifs is 3. The van der Waals surface area contributed by atoms with E-state index in [1.807, 2.05) is 67.8 Å². The zero-order valence-electron chi connectivity index (χ0n) is 17.2. The maximum absolute atomic E-state index is 12.5. The van der Waals surface area contributed by atoms with Crippen LogP contribution in [0.5, 0.6) is 5.75 Å². The van der Waals surface area contributed by atoms with Crippen molar-refractivity contribution < 1.29 is 9.53 Å². The van der Waals surface area contributed by atoms with E-state index >= 15 is 0 Å². The molecule has 4 rings (SSSR count). The van der Waals surface area contributed by atoms with Crippen LogP contribution in [0.15, 0.2) is 47.5 Å². The molecule has 1 N–H and O–H groups in total. The van der Waals surface area contributed by atoms with Crippen LogP contribution in [0.1, 0.15) is 42.8 Å². The molecule has 0 saturated carbocycles. The van der Waals surface area contributed by atoms with E-state index in [9.17, 15) is 4.79 Å². The quantitative estimate of drug-likeness (QED) is 0.690. The van der Waals surface area contributed by atoms with Crippen molar-refractivity contribution in [1.29, 1.82) is 0 Å². The van der Waals surface area contributed by atoms with Crippen LogP contribution in [0.2, 0.25) is 5.02 Å². The lowest BCUT2D eigenvalue weighted by molar-refractivity contribution is -0.124. The van der Waals surface area contributed by atoms with Crippen molar-refractivity contribution in [1.82, 2.24) is 20.1 Å². The van der Waals surface area contributed by atoms with Gasteiger partial charge in [-0.15, -0.1) is 10.2 Å². The molecular weight excluding hydrogens is 402 g/mol. The Hall–Kier alpha value is -3.19. The molecule has 154 valence electrons. The number of hydrogen-bond acceptors (Lipinski definition) is 5. The van der Waals surface area contributed by atoms with Crippen LogP contribution in [0.4, 0.5) is 0 Å². The second kappa shape index (κ2) is 7.91. The van der Waals surface area contributed by atoms with E-state index < -0.39 is 6.17 Å². The number of hydrogen-bond donors (Lipinski definition) is 1. The highest BCUT2D eigenvalue weighted by atomic mass is 35.5. The average Bonchev–Trinajstić information content (AvgIpc) is 3.06. The van der Waals surface area contributed by atoms with Gasteiger partial charge in [-0.2, -0.15) is 0 Å². The molecule has 1 atom stereocenters. The van der Waals surface area contributed by atoms with Gasteiger partial charge in [-0.25, -0.2) is 0 Å². The van der Waals surface area contributed by atoms with Crippen molar-refractivity contribution in [2.45, 2.75) is 26.9 Å². The summed E-state index contributed by atoms with van der Waals surface area (Å²) in [6.45, 7) is 5.55. The number of carbonyl (C=O) groups excluding carboxylic acids is 1. The summed E-state index contributed by atoms with van der Waals surface area (Å²) in [5, 5.41) is 12.2. The predicted octanol–water partition coefficient (Wildman–Crippen LogP) is 3.86. The summed E-state index contributed by atoms with van der Waals surface area (Å²) in [5.41, 5.74) is 3.29. The van der Waals surface area contributed by atoms with Crippen LogP contribution < -0.4 is 10.1 Å². The Kier molecular flexibility index (Phi) is 5.30. The summed E-state index contributed by atoms with van der Waals surface area (Å²) in [4.78, 5) is 17.5. The van der Waals surface area contributed by atoms with Gasteiger partial charge >= 0.3 is 0 Å². The Morgan fingerprint density at radius 1 is 1.17 bits per heavy atom. The minimum Gasteiger partial charge on any atom is -0.497 e. The van der Waals surface area contributed by atoms with Crippen LogP contribution in [-0.4, -0.2) is 33.5 Å². The Bertz CT molecular complexity index is 1130. The normalized spacial score (nSPS) is 15.1. The van der Waals surface area contributed by atoms with Crippen molar-refractivity contribution in [2.75, 3.05) is 7.11 Å². The second-order valence-corrected chi connectivity index (χ2v) is 7.81. The number of halogens is 1. The van der Waals surface area contributed by atoms with E-state index in [1.54, 1.807) is 7.11 Å². The highest BCUT2D eigenvalue weighted by Gasteiger charge is 2.29. The SMILES string of the molecule is COc1ccc2c(c1)C(c1ccc(Cl)cc1)=N[C@@H](NC(=O)C(C)C)c1nnc(C)n1-2. The molecule has 7 nitrogen and oxygen atoms in total. The number of ether oxygens (including phenoxy) is 1. The molecule has 2 aromatic carbocycles. The smallest absolute Gasteiger partial charge is 0.224 e. The van der Waals surface area contributed by atoms with E-state index in [-0.39, 0.29) is 11.8 Å². The zero-order valence-corrected chi connectivity index (χ0v) is 17.9. The van der Waals surface area contributed by atoms with Crippen LogP contribution in [0, 0.1) is 12.8 Å². The average molecular weight is 424 g/mol. The Labute approximate surface area is 179 Å². The lowest BCUT2D eigenvalue weighted by Gasteiger charge is -2.15. The van der Waals surface area contributed by atoms with Crippen molar-refractivity contribution >= 4 is 23.2 Å². The molecule has 0 saturated heterocycles. The van der Waals surface area contributed by atoms with Crippen molar-refractivity contribution in [2.24, 2.45) is 10.9 Å². The van der Waals surface area contributed by atoms with E-state index in [1.165, 1.54) is 0 Å². The third-order valence-electron chi connectivity index (χ3n) is 4.97. The largest absolute Gasteiger partial charge is 0.497 e. The van der Waals surface area contributed by atoms with E-state index in [2.05, 4.69) is 15.5 Å². The fourth-order valence-corrected chi connectivity index (χ4v) is 3.50. The Balaban J connectivity index is 1.98. The first-order chi connectivity index (χ1) is 14.4. The van der Waals surface area contributed by atoms with Crippen LogP contribution in [0.25, 0.3) is 5.69 Å². The van der Waals surface area contributed by atoms with Crippen molar-refractivity contribution in [3.8, 4) is 11.4 Å². The van der Waals surface area contributed by atoms with Crippen LogP contribution in [-0.2, 0) is 4.79 Å². The highest BCUT2D eigenvalue weighted by molar-refractivity contribution is 6.30. The van der Waals surface area contributed by atoms with Gasteiger partial charge in [-0.3, -0.25) is 14.4 Å². The molecule has 0 spiro atoms. The summed E-state index contributed by atoms with van der Waals surface area (Å²) in [7, 11) is 1.62. The Morgan fingerprint density at radius 3 is 2.57 bits per heavy atom. The molecule has 0 bridgehead atoms. The van der Waals surface area contributed by atoms with Gasteiger partial charge < -0.3 is 10.1 Å². The molecular formula is C22H22ClN5O2. The molecule has 0 aliphatic carbocycles. The molecule has 1 amide bonds. The number of nitrogens with zero attached hydrogens (tertiary/aromatic N) is 4. The van der Waals surface area contributed by atoms with Gasteiger partial charge in [0.25, 0.3) is 0 Å². The third kappa shape index (κ3) is 3.57. The van der Waals surface area contributed by atoms with E-state index in [0.717, 1.165) is 16.8 Å². The van der Waals surface area contributed by atoms with Crippen molar-refractivity contribution in [3.05, 3.63) is 70.3 Å². The van der Waals surface area contributed by atoms with Crippen LogP contribution in [0.3, 0.4) is 0 Å². The molecule has 8 heteroatoms. The lowest BCUT2D eigenvalue weighted by Crippen LogP contribution is -2.32. The monoisotopic (exact) mass is 423 g/mol. The number of nitrogens with one attached hydrogen (secondary N) is 1. The van der Waals surface area contributed by atoms with Crippen molar-refractivity contribution in [3.63, 3.8) is 0 Å². The number of aryl methyl sites for hydroxylation is 1. The maximum Gasteiger partial charge on any atom is 0.224 e. The van der Waals surface area contributed by atoms with E-state index in [0.29, 0.717) is 28.1 Å². The van der Waals surface area contributed by atoms with E-state index in [4.69, 9.17) is 21.3 Å². The van der Waals surface area contributed by atoms with Gasteiger partial charge in [0.05, 0.1) is 18.5 Å². The lowest BCUT2D eigenvalue weighted by atomic mass is 10.00. The molecule has 1 aliphatic rings. The first-order valence-electron chi connectivity index (χ1n) is 9.64. The van der Waals surface area contributed by atoms with Gasteiger partial charge in [0, 0.05) is 22.1 Å². The predicted molar refractivity (Wildman–Crippen MR) is 115 cm³/mol. The maximum atomic E-state index is 12.5. The molecule has 1 aromatic heterocycles. The van der Waals surface area contributed by atoms with Gasteiger partial charge in [0.1, 0.15) is 11.6 Å². The molecule has 0 unspecified atom stereocenters. The fraction of sp³-hybridized carbons (Fsp3) is 0.273. The standard InChI is InChI=1S/C22H22ClN5O2/c1-12(2)22(29)25-20-21-27-26-13(3)28(21)18-10-9-16(30-4)11-17(18)19(24-20)14-5-7-15(23)8-6-14/h5-12,20H,1-4H3,(H,25,29)/t20-/m0/s1. The summed E-state index contributed by atoms with van der Waals surface area (Å²) in [6.07, 6.45) is -0.690. The fourth-order valence-electron chi connectivity index (χ4n) is 3.37. The zero-order chi connectivity index (χ0) is 21.4. The second-order valence-electron chi connectivity index (χ2n) is 7.37. The summed E-state index contributed by atoms with van der Waals surface area (Å²) >= 11 is 6.10. The number of carbonyl (C=O) groups is 1. The number of benzene rings is 2. The summed E-state index contributed by atoms with van der Waals surface area (Å²) in [6, 6.07) is 13.2. The van der Waals surface area contributed by atoms with Gasteiger partial charge in [0.15, 0.2) is 12.0 Å². The third-order valence-corrected chi connectivity index (χ3v) is 5.23. The Morgan fingerprint density at radius 2 is 1.90 bits per heavy atom. The molecule has 2 heterocycles. The molecule has 0 radical (unpaired) electrons. The van der Waals surface area contributed by atoms with Gasteiger partial charge in [-0.05, 0) is 37.3 Å². The van der Waals surface area contributed by atoms with Gasteiger partial charge in [0.2, 0.25) is 5.91 Å². The molecule has 30 heavy (non-hydrogen) atoms. The summed E-state index contributed by atoms with van der Waals surface area (Å²) < 4.78 is 7.38. The molecule has 1 aliphatic heterocycles. The molecule has 0 fully saturated rings. The van der Waals surface area contributed by atoms with Gasteiger partial charge in [-0.1, -0.05) is 37.6 Å². The topological polar surface area (TPSA) is 81.4 Å². The number of aliphatic imine (C=N–C) groups is 1. The minimum atomic E-state index is -0.690. The number of aromatic nitrogens is 3. The highest BCUT2D eigenvalue weighted by Crippen LogP contribution is 2.32. The number of rotatable bonds is 4. The number of amides is 1. The van der Waals surface area contributed by atoms with Crippen LogP contribution >= 0.6 is 11.6 Å². The minimum absolute atomic E-state index is 0.116. The first-order valence-corrected chi connectivity index (χ1v) is 10.0. The molecule has 3 aromatic rings. The summed E-state index contributed by atoms with van der Waals surface area (Å²) in [5.74, 6) is 1.65. The first kappa shape index (κ1) is 20.1.